The van der Waals surface area contributed by atoms with Gasteiger partial charge in [0.15, 0.2) is 11.6 Å². The molecule has 0 aliphatic rings. The van der Waals surface area contributed by atoms with Crippen LogP contribution in [-0.4, -0.2) is 14.9 Å². The minimum absolute atomic E-state index is 0.207. The maximum Gasteiger partial charge on any atom is 0.365 e. The van der Waals surface area contributed by atoms with Crippen LogP contribution < -0.4 is 5.43 Å². The number of fused-ring (bicyclic) bond motifs is 1. The monoisotopic (exact) mass is 191 g/mol. The van der Waals surface area contributed by atoms with Crippen molar-refractivity contribution in [1.82, 2.24) is 9.97 Å². The van der Waals surface area contributed by atoms with E-state index in [2.05, 4.69) is 9.97 Å². The molecule has 0 aliphatic heterocycles. The van der Waals surface area contributed by atoms with Crippen LogP contribution in [0.4, 0.5) is 5.82 Å². The molecule has 14 heavy (non-hydrogen) atoms. The Balaban J connectivity index is 2.80. The van der Waals surface area contributed by atoms with Gasteiger partial charge in [-0.3, -0.25) is 4.79 Å². The number of aromatic amines is 1. The number of H-pyrrole nitrogens is 1. The van der Waals surface area contributed by atoms with Crippen LogP contribution in [0.2, 0.25) is 0 Å². The lowest BCUT2D eigenvalue weighted by atomic mass is 10.2. The van der Waals surface area contributed by atoms with Crippen LogP contribution in [0, 0.1) is 10.1 Å². The standard InChI is InChI=1S/C8H5N3O3/c12-7-1-2-9-6-3-8(11(13)14)10-4-5(6)7/h1-4H,(H,9,12). The Morgan fingerprint density at radius 3 is 3.00 bits per heavy atom. The summed E-state index contributed by atoms with van der Waals surface area (Å²) in [7, 11) is 0. The molecule has 0 bridgehead atoms. The molecule has 2 rings (SSSR count). The van der Waals surface area contributed by atoms with Gasteiger partial charge in [0, 0.05) is 12.3 Å². The largest absolute Gasteiger partial charge is 0.365 e. The van der Waals surface area contributed by atoms with E-state index in [4.69, 9.17) is 0 Å². The molecule has 2 aromatic heterocycles. The summed E-state index contributed by atoms with van der Waals surface area (Å²) in [5.41, 5.74) is 0.209. The average molecular weight is 191 g/mol. The van der Waals surface area contributed by atoms with Crippen LogP contribution in [0.15, 0.2) is 29.3 Å². The van der Waals surface area contributed by atoms with Crippen molar-refractivity contribution >= 4 is 16.7 Å². The van der Waals surface area contributed by atoms with Crippen molar-refractivity contribution in [2.75, 3.05) is 0 Å². The molecule has 6 nitrogen and oxygen atoms in total. The first kappa shape index (κ1) is 8.36. The molecule has 0 fully saturated rings. The second-order valence-electron chi connectivity index (χ2n) is 2.69. The van der Waals surface area contributed by atoms with Gasteiger partial charge in [-0.2, -0.15) is 0 Å². The quantitative estimate of drug-likeness (QED) is 0.534. The van der Waals surface area contributed by atoms with E-state index < -0.39 is 4.92 Å². The van der Waals surface area contributed by atoms with Crippen molar-refractivity contribution < 1.29 is 4.92 Å². The Morgan fingerprint density at radius 2 is 2.29 bits per heavy atom. The van der Waals surface area contributed by atoms with E-state index in [1.807, 2.05) is 0 Å². The number of hydrogen-bond donors (Lipinski definition) is 1. The van der Waals surface area contributed by atoms with Crippen molar-refractivity contribution in [1.29, 1.82) is 0 Å². The van der Waals surface area contributed by atoms with Crippen molar-refractivity contribution in [3.63, 3.8) is 0 Å². The van der Waals surface area contributed by atoms with Crippen LogP contribution in [0.3, 0.4) is 0 Å². The van der Waals surface area contributed by atoms with Gasteiger partial charge < -0.3 is 15.1 Å². The normalized spacial score (nSPS) is 10.3. The Labute approximate surface area is 77.4 Å². The molecule has 0 atom stereocenters. The Kier molecular flexibility index (Phi) is 1.74. The molecule has 0 aliphatic carbocycles. The van der Waals surface area contributed by atoms with Crippen LogP contribution in [0.5, 0.6) is 0 Å². The summed E-state index contributed by atoms with van der Waals surface area (Å²) in [4.78, 5) is 27.3. The molecule has 0 unspecified atom stereocenters. The zero-order valence-corrected chi connectivity index (χ0v) is 6.93. The van der Waals surface area contributed by atoms with Crippen molar-refractivity contribution in [2.24, 2.45) is 0 Å². The fraction of sp³-hybridized carbons (Fsp3) is 0. The molecule has 2 heterocycles. The summed E-state index contributed by atoms with van der Waals surface area (Å²) in [6.07, 6.45) is 2.64. The topological polar surface area (TPSA) is 88.9 Å². The predicted molar refractivity (Wildman–Crippen MR) is 49.0 cm³/mol. The van der Waals surface area contributed by atoms with E-state index in [1.54, 1.807) is 0 Å². The molecule has 2 aromatic rings. The van der Waals surface area contributed by atoms with Gasteiger partial charge in [0.05, 0.1) is 17.0 Å². The number of pyridine rings is 2. The maximum atomic E-state index is 11.2. The van der Waals surface area contributed by atoms with Crippen molar-refractivity contribution in [2.45, 2.75) is 0 Å². The number of aromatic nitrogens is 2. The van der Waals surface area contributed by atoms with Gasteiger partial charge in [-0.25, -0.2) is 0 Å². The van der Waals surface area contributed by atoms with E-state index in [9.17, 15) is 14.9 Å². The Morgan fingerprint density at radius 1 is 1.50 bits per heavy atom. The summed E-state index contributed by atoms with van der Waals surface area (Å²) in [5, 5.41) is 10.7. The summed E-state index contributed by atoms with van der Waals surface area (Å²) in [5.74, 6) is -0.278. The highest BCUT2D eigenvalue weighted by Gasteiger charge is 2.09. The number of nitro groups is 1. The summed E-state index contributed by atoms with van der Waals surface area (Å²) >= 11 is 0. The van der Waals surface area contributed by atoms with Crippen LogP contribution in [0.1, 0.15) is 0 Å². The second kappa shape index (κ2) is 2.91. The second-order valence-corrected chi connectivity index (χ2v) is 2.69. The third-order valence-corrected chi connectivity index (χ3v) is 1.82. The number of nitrogens with one attached hydrogen (secondary N) is 1. The zero-order chi connectivity index (χ0) is 10.1. The van der Waals surface area contributed by atoms with Gasteiger partial charge in [-0.15, -0.1) is 0 Å². The lowest BCUT2D eigenvalue weighted by Crippen LogP contribution is -2.01. The van der Waals surface area contributed by atoms with E-state index in [1.165, 1.54) is 24.5 Å². The molecular weight excluding hydrogens is 186 g/mol. The molecule has 70 valence electrons. The van der Waals surface area contributed by atoms with E-state index in [-0.39, 0.29) is 11.2 Å². The highest BCUT2D eigenvalue weighted by Crippen LogP contribution is 2.12. The maximum absolute atomic E-state index is 11.2. The minimum atomic E-state index is -0.606. The molecule has 0 radical (unpaired) electrons. The predicted octanol–water partition coefficient (Wildman–Crippen LogP) is 0.831. The molecule has 6 heteroatoms. The van der Waals surface area contributed by atoms with Crippen molar-refractivity contribution in [3.05, 3.63) is 44.9 Å². The SMILES string of the molecule is O=c1cc[nH]c2cc([N+](=O)[O-])ncc12. The first-order chi connectivity index (χ1) is 6.68. The third kappa shape index (κ3) is 1.22. The lowest BCUT2D eigenvalue weighted by molar-refractivity contribution is -0.389. The number of nitrogens with zero attached hydrogens (tertiary/aromatic N) is 2. The highest BCUT2D eigenvalue weighted by atomic mass is 16.6. The zero-order valence-electron chi connectivity index (χ0n) is 6.93. The van der Waals surface area contributed by atoms with Crippen LogP contribution in [-0.2, 0) is 0 Å². The minimum Gasteiger partial charge on any atom is -0.361 e. The smallest absolute Gasteiger partial charge is 0.361 e. The molecule has 1 N–H and O–H groups in total. The van der Waals surface area contributed by atoms with E-state index in [0.29, 0.717) is 10.9 Å². The van der Waals surface area contributed by atoms with Gasteiger partial charge in [-0.1, -0.05) is 0 Å². The number of hydrogen-bond acceptors (Lipinski definition) is 4. The molecular formula is C8H5N3O3. The molecule has 0 amide bonds. The first-order valence-corrected chi connectivity index (χ1v) is 3.80. The average Bonchev–Trinajstić information content (AvgIpc) is 2.17. The van der Waals surface area contributed by atoms with Crippen LogP contribution >= 0.6 is 0 Å². The van der Waals surface area contributed by atoms with Gasteiger partial charge in [0.1, 0.15) is 0 Å². The molecule has 0 spiro atoms. The van der Waals surface area contributed by atoms with E-state index >= 15 is 0 Å². The van der Waals surface area contributed by atoms with Gasteiger partial charge in [0.25, 0.3) is 0 Å². The fourth-order valence-electron chi connectivity index (χ4n) is 1.16. The molecule has 0 saturated carbocycles. The van der Waals surface area contributed by atoms with Crippen molar-refractivity contribution in [3.8, 4) is 0 Å². The molecule has 0 saturated heterocycles. The lowest BCUT2D eigenvalue weighted by Gasteiger charge is -1.94. The third-order valence-electron chi connectivity index (χ3n) is 1.82. The first-order valence-electron chi connectivity index (χ1n) is 3.80. The van der Waals surface area contributed by atoms with Gasteiger partial charge in [-0.05, 0) is 9.91 Å². The summed E-state index contributed by atoms with van der Waals surface area (Å²) in [6.45, 7) is 0. The summed E-state index contributed by atoms with van der Waals surface area (Å²) < 4.78 is 0. The van der Waals surface area contributed by atoms with E-state index in [0.717, 1.165) is 0 Å². The highest BCUT2D eigenvalue weighted by molar-refractivity contribution is 5.78. The van der Waals surface area contributed by atoms with Gasteiger partial charge in [0.2, 0.25) is 0 Å². The Bertz CT molecular complexity index is 561. The summed E-state index contributed by atoms with van der Waals surface area (Å²) in [6, 6.07) is 2.58. The van der Waals surface area contributed by atoms with Gasteiger partial charge >= 0.3 is 5.82 Å². The van der Waals surface area contributed by atoms with Crippen LogP contribution in [0.25, 0.3) is 10.9 Å². The number of rotatable bonds is 1. The Hall–Kier alpha value is -2.24. The fourth-order valence-corrected chi connectivity index (χ4v) is 1.16. The molecule has 0 aromatic carbocycles.